The molecular formula is C12H21N3O7S. The SMILES string of the molecule is [2H]C([2H])(O)C([2H])([2H])SC[C@H](NC(=O)CC[C@H](N)C(=O)O)C(=O)NCC(=O)O. The molecule has 0 heterocycles. The maximum Gasteiger partial charge on any atom is 0.322 e. The number of hydrogen-bond acceptors (Lipinski definition) is 7. The molecule has 0 saturated carbocycles. The molecule has 2 atom stereocenters. The number of hydrogen-bond donors (Lipinski definition) is 6. The topological polar surface area (TPSA) is 179 Å². The number of aliphatic hydroxyl groups is 1. The standard InChI is InChI=1S/C12H21N3O7S/c13-7(12(21)22)1-2-9(17)15-8(6-23-4-3-16)11(20)14-5-10(18)19/h7-8,16H,1-6,13H2,(H,14,20)(H,15,17)(H,18,19)(H,21,22)/t7-,8-/m0/s1/i3D2,4D2. The van der Waals surface area contributed by atoms with Gasteiger partial charge in [0, 0.05) is 20.6 Å². The quantitative estimate of drug-likeness (QED) is 0.222. The molecule has 0 radical (unpaired) electrons. The Morgan fingerprint density at radius 2 is 1.91 bits per heavy atom. The van der Waals surface area contributed by atoms with Crippen molar-refractivity contribution in [3.8, 4) is 0 Å². The summed E-state index contributed by atoms with van der Waals surface area (Å²) in [6.45, 7) is -4.01. The van der Waals surface area contributed by atoms with Crippen molar-refractivity contribution in [1.82, 2.24) is 10.6 Å². The van der Waals surface area contributed by atoms with E-state index >= 15 is 0 Å². The van der Waals surface area contributed by atoms with Gasteiger partial charge in [-0.05, 0) is 6.42 Å². The average molecular weight is 355 g/mol. The zero-order valence-corrected chi connectivity index (χ0v) is 12.8. The molecule has 0 aromatic heterocycles. The molecule has 0 spiro atoms. The zero-order valence-electron chi connectivity index (χ0n) is 15.9. The van der Waals surface area contributed by atoms with Gasteiger partial charge < -0.3 is 31.7 Å². The van der Waals surface area contributed by atoms with E-state index in [2.05, 4.69) is 5.32 Å². The van der Waals surface area contributed by atoms with E-state index in [0.29, 0.717) is 0 Å². The second-order valence-corrected chi connectivity index (χ2v) is 5.07. The van der Waals surface area contributed by atoms with Gasteiger partial charge in [0.2, 0.25) is 11.8 Å². The first kappa shape index (κ1) is 14.7. The molecule has 0 aliphatic carbocycles. The Morgan fingerprint density at radius 1 is 1.26 bits per heavy atom. The summed E-state index contributed by atoms with van der Waals surface area (Å²) in [5, 5.41) is 30.5. The van der Waals surface area contributed by atoms with E-state index in [1.165, 1.54) is 0 Å². The Labute approximate surface area is 142 Å². The van der Waals surface area contributed by atoms with Crippen molar-refractivity contribution in [3.05, 3.63) is 0 Å². The lowest BCUT2D eigenvalue weighted by Gasteiger charge is -2.18. The normalized spacial score (nSPS) is 16.8. The van der Waals surface area contributed by atoms with E-state index in [0.717, 1.165) is 0 Å². The van der Waals surface area contributed by atoms with Gasteiger partial charge in [0.25, 0.3) is 0 Å². The Morgan fingerprint density at radius 3 is 2.43 bits per heavy atom. The summed E-state index contributed by atoms with van der Waals surface area (Å²) in [6, 6.07) is -2.76. The fourth-order valence-corrected chi connectivity index (χ4v) is 1.85. The second kappa shape index (κ2) is 11.7. The van der Waals surface area contributed by atoms with Gasteiger partial charge in [0.05, 0.1) is 9.30 Å². The monoisotopic (exact) mass is 355 g/mol. The first-order valence-electron chi connectivity index (χ1n) is 8.31. The number of nitrogens with two attached hydrogens (primary N) is 1. The van der Waals surface area contributed by atoms with Gasteiger partial charge >= 0.3 is 11.9 Å². The minimum Gasteiger partial charge on any atom is -0.480 e. The molecule has 0 aromatic rings. The molecule has 2 amide bonds. The number of carboxylic acid groups (broad SMARTS) is 2. The third-order valence-corrected chi connectivity index (χ3v) is 3.17. The number of carbonyl (C=O) groups excluding carboxylic acids is 2. The van der Waals surface area contributed by atoms with Crippen molar-refractivity contribution in [2.75, 3.05) is 24.6 Å². The predicted octanol–water partition coefficient (Wildman–Crippen LogP) is -2.41. The number of carboxylic acids is 2. The highest BCUT2D eigenvalue weighted by atomic mass is 32.2. The molecule has 10 nitrogen and oxygen atoms in total. The molecule has 0 aliphatic rings. The largest absolute Gasteiger partial charge is 0.480 e. The van der Waals surface area contributed by atoms with Gasteiger partial charge in [-0.1, -0.05) is 0 Å². The minimum atomic E-state index is -3.24. The highest BCUT2D eigenvalue weighted by Crippen LogP contribution is 2.04. The summed E-state index contributed by atoms with van der Waals surface area (Å²) in [6.07, 6.45) is -0.605. The second-order valence-electron chi connectivity index (χ2n) is 4.24. The molecule has 0 aliphatic heterocycles. The maximum absolute atomic E-state index is 12.0. The molecule has 132 valence electrons. The van der Waals surface area contributed by atoms with Crippen LogP contribution in [0.2, 0.25) is 0 Å². The van der Waals surface area contributed by atoms with Gasteiger partial charge in [-0.15, -0.1) is 0 Å². The Balaban J connectivity index is 4.97. The van der Waals surface area contributed by atoms with Crippen LogP contribution in [0.15, 0.2) is 0 Å². The molecule has 0 rings (SSSR count). The fraction of sp³-hybridized carbons (Fsp3) is 0.667. The van der Waals surface area contributed by atoms with Crippen LogP contribution in [0.3, 0.4) is 0 Å². The van der Waals surface area contributed by atoms with Crippen molar-refractivity contribution in [2.45, 2.75) is 24.9 Å². The lowest BCUT2D eigenvalue weighted by Crippen LogP contribution is -2.49. The molecule has 0 bridgehead atoms. The van der Waals surface area contributed by atoms with Crippen LogP contribution >= 0.6 is 11.8 Å². The number of rotatable bonds is 12. The van der Waals surface area contributed by atoms with Gasteiger partial charge in [0.1, 0.15) is 18.6 Å². The number of carbonyl (C=O) groups is 4. The van der Waals surface area contributed by atoms with Crippen LogP contribution in [-0.4, -0.2) is 75.7 Å². The third kappa shape index (κ3) is 10.5. The molecule has 0 aromatic carbocycles. The van der Waals surface area contributed by atoms with Crippen molar-refractivity contribution < 1.29 is 40.0 Å². The lowest BCUT2D eigenvalue weighted by atomic mass is 10.1. The van der Waals surface area contributed by atoms with E-state index in [1.807, 2.05) is 5.32 Å². The van der Waals surface area contributed by atoms with E-state index in [9.17, 15) is 19.2 Å². The van der Waals surface area contributed by atoms with Crippen LogP contribution in [0.4, 0.5) is 0 Å². The molecule has 23 heavy (non-hydrogen) atoms. The smallest absolute Gasteiger partial charge is 0.322 e. The van der Waals surface area contributed by atoms with Gasteiger partial charge in [-0.3, -0.25) is 19.2 Å². The summed E-state index contributed by atoms with van der Waals surface area (Å²) in [5.74, 6) is -5.00. The highest BCUT2D eigenvalue weighted by Gasteiger charge is 2.22. The number of nitrogens with one attached hydrogen (secondary N) is 2. The molecule has 0 fully saturated rings. The summed E-state index contributed by atoms with van der Waals surface area (Å²) in [4.78, 5) is 45.0. The lowest BCUT2D eigenvalue weighted by molar-refractivity contribution is -0.139. The Kier molecular flexibility index (Phi) is 7.48. The van der Waals surface area contributed by atoms with Crippen molar-refractivity contribution in [1.29, 1.82) is 0 Å². The predicted molar refractivity (Wildman–Crippen MR) is 81.8 cm³/mol. The van der Waals surface area contributed by atoms with Crippen LogP contribution in [0, 0.1) is 0 Å². The van der Waals surface area contributed by atoms with Crippen molar-refractivity contribution in [3.63, 3.8) is 0 Å². The number of amides is 2. The zero-order chi connectivity index (χ0) is 21.4. The molecule has 0 saturated heterocycles. The molecule has 0 unspecified atom stereocenters. The molecule has 11 heteroatoms. The van der Waals surface area contributed by atoms with E-state index in [-0.39, 0.29) is 24.6 Å². The summed E-state index contributed by atoms with van der Waals surface area (Å²) in [7, 11) is 0. The maximum atomic E-state index is 12.0. The van der Waals surface area contributed by atoms with Crippen LogP contribution in [0.1, 0.15) is 18.3 Å². The highest BCUT2D eigenvalue weighted by molar-refractivity contribution is 7.99. The van der Waals surface area contributed by atoms with Crippen LogP contribution in [0.5, 0.6) is 0 Å². The van der Waals surface area contributed by atoms with Gasteiger partial charge in [0.15, 0.2) is 0 Å². The third-order valence-electron chi connectivity index (χ3n) is 2.43. The van der Waals surface area contributed by atoms with Crippen molar-refractivity contribution in [2.24, 2.45) is 5.73 Å². The minimum absolute atomic E-state index is 0.194. The van der Waals surface area contributed by atoms with Crippen LogP contribution in [-0.2, 0) is 19.2 Å². The first-order valence-corrected chi connectivity index (χ1v) is 7.29. The average Bonchev–Trinajstić information content (AvgIpc) is 2.52. The van der Waals surface area contributed by atoms with E-state index in [1.54, 1.807) is 0 Å². The Bertz CT molecular complexity index is 574. The summed E-state index contributed by atoms with van der Waals surface area (Å²) >= 11 is 0.194. The van der Waals surface area contributed by atoms with Crippen LogP contribution < -0.4 is 16.4 Å². The van der Waals surface area contributed by atoms with Crippen LogP contribution in [0.25, 0.3) is 0 Å². The number of aliphatic carboxylic acids is 2. The van der Waals surface area contributed by atoms with E-state index in [4.69, 9.17) is 26.5 Å². The van der Waals surface area contributed by atoms with Gasteiger partial charge in [-0.2, -0.15) is 11.8 Å². The van der Waals surface area contributed by atoms with E-state index < -0.39 is 60.4 Å². The fourth-order valence-electron chi connectivity index (χ4n) is 1.30. The Hall–Kier alpha value is -1.85. The van der Waals surface area contributed by atoms with Gasteiger partial charge in [-0.25, -0.2) is 0 Å². The first-order chi connectivity index (χ1) is 12.2. The van der Waals surface area contributed by atoms with Crippen molar-refractivity contribution >= 4 is 35.5 Å². The number of thioether (sulfide) groups is 1. The summed E-state index contributed by atoms with van der Waals surface area (Å²) in [5.41, 5.74) is 2.43. The summed E-state index contributed by atoms with van der Waals surface area (Å²) < 4.78 is 28.9. The molecule has 7 N–H and O–H groups in total. The molecular weight excluding hydrogens is 330 g/mol.